The summed E-state index contributed by atoms with van der Waals surface area (Å²) in [5.41, 5.74) is 4.31. The van der Waals surface area contributed by atoms with Crippen LogP contribution in [0, 0.1) is 13.8 Å². The lowest BCUT2D eigenvalue weighted by Crippen LogP contribution is -2.44. The van der Waals surface area contributed by atoms with Crippen molar-refractivity contribution in [3.05, 3.63) is 64.8 Å². The zero-order valence-electron chi connectivity index (χ0n) is 17.9. The van der Waals surface area contributed by atoms with E-state index in [-0.39, 0.29) is 5.91 Å². The SMILES string of the molecule is Cc1ncc(C(=O)Nc2ccc(-c3cc(Cl)cc(N4CCN(C)CC4)c3)c(C)n2)cn1. The molecule has 160 valence electrons. The standard InChI is InChI=1S/C23H25ClN6O/c1-15-21(4-5-22(27-15)28-23(31)18-13-25-16(2)26-14-18)17-10-19(24)12-20(11-17)30-8-6-29(3)7-9-30/h4-5,10-14H,6-9H2,1-3H3,(H,27,28,31). The van der Waals surface area contributed by atoms with Gasteiger partial charge in [0.1, 0.15) is 11.6 Å². The topological polar surface area (TPSA) is 74.2 Å². The molecular weight excluding hydrogens is 412 g/mol. The van der Waals surface area contributed by atoms with Gasteiger partial charge in [-0.05, 0) is 56.8 Å². The summed E-state index contributed by atoms with van der Waals surface area (Å²) in [6.45, 7) is 7.71. The van der Waals surface area contributed by atoms with Crippen LogP contribution in [0.15, 0.2) is 42.7 Å². The summed E-state index contributed by atoms with van der Waals surface area (Å²) in [7, 11) is 2.14. The van der Waals surface area contributed by atoms with E-state index in [4.69, 9.17) is 11.6 Å². The van der Waals surface area contributed by atoms with Crippen LogP contribution < -0.4 is 10.2 Å². The second-order valence-corrected chi connectivity index (χ2v) is 8.23. The van der Waals surface area contributed by atoms with E-state index in [1.165, 1.54) is 12.4 Å². The molecule has 0 unspecified atom stereocenters. The predicted octanol–water partition coefficient (Wildman–Crippen LogP) is 3.81. The number of likely N-dealkylation sites (N-methyl/N-ethyl adjacent to an activating group) is 1. The molecule has 0 atom stereocenters. The number of carbonyl (C=O) groups is 1. The zero-order valence-corrected chi connectivity index (χ0v) is 18.6. The molecular formula is C23H25ClN6O. The number of nitrogens with zero attached hydrogens (tertiary/aromatic N) is 5. The quantitative estimate of drug-likeness (QED) is 0.670. The number of nitrogens with one attached hydrogen (secondary N) is 1. The average Bonchev–Trinajstić information content (AvgIpc) is 2.74. The maximum atomic E-state index is 12.4. The molecule has 0 bridgehead atoms. The van der Waals surface area contributed by atoms with Gasteiger partial charge in [-0.15, -0.1) is 0 Å². The number of piperazine rings is 1. The van der Waals surface area contributed by atoms with Crippen molar-refractivity contribution in [1.82, 2.24) is 19.9 Å². The number of rotatable bonds is 4. The van der Waals surface area contributed by atoms with Gasteiger partial charge >= 0.3 is 0 Å². The number of hydrogen-bond acceptors (Lipinski definition) is 6. The number of carbonyl (C=O) groups excluding carboxylic acids is 1. The number of aryl methyl sites for hydroxylation is 2. The van der Waals surface area contributed by atoms with Crippen molar-refractivity contribution >= 4 is 29.0 Å². The Balaban J connectivity index is 1.55. The Kier molecular flexibility index (Phi) is 6.15. The summed E-state index contributed by atoms with van der Waals surface area (Å²) in [5.74, 6) is 0.806. The molecule has 4 rings (SSSR count). The van der Waals surface area contributed by atoms with Crippen molar-refractivity contribution in [3.63, 3.8) is 0 Å². The van der Waals surface area contributed by atoms with Gasteiger partial charge in [-0.2, -0.15) is 0 Å². The minimum Gasteiger partial charge on any atom is -0.369 e. The Labute approximate surface area is 187 Å². The fraction of sp³-hybridized carbons (Fsp3) is 0.304. The van der Waals surface area contributed by atoms with Crippen molar-refractivity contribution in [3.8, 4) is 11.1 Å². The van der Waals surface area contributed by atoms with E-state index in [9.17, 15) is 4.79 Å². The highest BCUT2D eigenvalue weighted by Crippen LogP contribution is 2.31. The van der Waals surface area contributed by atoms with Crippen LogP contribution >= 0.6 is 11.6 Å². The molecule has 7 nitrogen and oxygen atoms in total. The Morgan fingerprint density at radius 3 is 2.42 bits per heavy atom. The van der Waals surface area contributed by atoms with Crippen LogP contribution in [0.2, 0.25) is 5.02 Å². The van der Waals surface area contributed by atoms with Gasteiger partial charge in [0.15, 0.2) is 0 Å². The first kappa shape index (κ1) is 21.2. The van der Waals surface area contributed by atoms with E-state index in [1.807, 2.05) is 25.1 Å². The number of anilines is 2. The first-order chi connectivity index (χ1) is 14.9. The molecule has 31 heavy (non-hydrogen) atoms. The van der Waals surface area contributed by atoms with Gasteiger partial charge in [0.25, 0.3) is 5.91 Å². The molecule has 0 spiro atoms. The molecule has 0 saturated carbocycles. The maximum Gasteiger partial charge on any atom is 0.259 e. The van der Waals surface area contributed by atoms with Crippen LogP contribution in [0.4, 0.5) is 11.5 Å². The van der Waals surface area contributed by atoms with Crippen molar-refractivity contribution < 1.29 is 4.79 Å². The van der Waals surface area contributed by atoms with Crippen LogP contribution in [-0.2, 0) is 0 Å². The second-order valence-electron chi connectivity index (χ2n) is 7.79. The van der Waals surface area contributed by atoms with Gasteiger partial charge in [-0.1, -0.05) is 11.6 Å². The predicted molar refractivity (Wildman–Crippen MR) is 124 cm³/mol. The van der Waals surface area contributed by atoms with Crippen LogP contribution in [0.1, 0.15) is 21.9 Å². The van der Waals surface area contributed by atoms with Crippen molar-refractivity contribution in [1.29, 1.82) is 0 Å². The van der Waals surface area contributed by atoms with Crippen molar-refractivity contribution in [2.24, 2.45) is 0 Å². The molecule has 1 aliphatic rings. The van der Waals surface area contributed by atoms with Gasteiger partial charge in [0.05, 0.1) is 5.56 Å². The Morgan fingerprint density at radius 2 is 1.74 bits per heavy atom. The maximum absolute atomic E-state index is 12.4. The third kappa shape index (κ3) is 5.00. The summed E-state index contributed by atoms with van der Waals surface area (Å²) in [5, 5.41) is 3.50. The smallest absolute Gasteiger partial charge is 0.259 e. The normalized spacial score (nSPS) is 14.5. The van der Waals surface area contributed by atoms with Gasteiger partial charge in [-0.25, -0.2) is 15.0 Å². The van der Waals surface area contributed by atoms with Crippen LogP contribution in [0.5, 0.6) is 0 Å². The largest absolute Gasteiger partial charge is 0.369 e. The summed E-state index contributed by atoms with van der Waals surface area (Å²) in [6, 6.07) is 9.88. The highest BCUT2D eigenvalue weighted by atomic mass is 35.5. The Hall–Kier alpha value is -3.03. The zero-order chi connectivity index (χ0) is 22.0. The van der Waals surface area contributed by atoms with Crippen LogP contribution in [0.3, 0.4) is 0 Å². The molecule has 1 saturated heterocycles. The lowest BCUT2D eigenvalue weighted by atomic mass is 10.0. The molecule has 1 aromatic carbocycles. The highest BCUT2D eigenvalue weighted by molar-refractivity contribution is 6.31. The molecule has 1 aliphatic heterocycles. The third-order valence-electron chi connectivity index (χ3n) is 5.43. The number of pyridine rings is 1. The number of benzene rings is 1. The lowest BCUT2D eigenvalue weighted by molar-refractivity contribution is 0.102. The van der Waals surface area contributed by atoms with Gasteiger partial charge in [0.2, 0.25) is 0 Å². The Bertz CT molecular complexity index is 1090. The first-order valence-corrected chi connectivity index (χ1v) is 10.6. The first-order valence-electron chi connectivity index (χ1n) is 10.2. The minimum atomic E-state index is -0.292. The molecule has 1 fully saturated rings. The van der Waals surface area contributed by atoms with E-state index in [1.54, 1.807) is 13.0 Å². The summed E-state index contributed by atoms with van der Waals surface area (Å²) in [4.78, 5) is 29.8. The van der Waals surface area contributed by atoms with E-state index < -0.39 is 0 Å². The van der Waals surface area contributed by atoms with E-state index >= 15 is 0 Å². The van der Waals surface area contributed by atoms with Gasteiger partial charge < -0.3 is 15.1 Å². The number of amides is 1. The molecule has 1 amide bonds. The number of aromatic nitrogens is 3. The van der Waals surface area contributed by atoms with Crippen molar-refractivity contribution in [2.75, 3.05) is 43.4 Å². The minimum absolute atomic E-state index is 0.292. The fourth-order valence-corrected chi connectivity index (χ4v) is 3.84. The summed E-state index contributed by atoms with van der Waals surface area (Å²) in [6.07, 6.45) is 3.01. The summed E-state index contributed by atoms with van der Waals surface area (Å²) >= 11 is 6.45. The number of hydrogen-bond donors (Lipinski definition) is 1. The lowest BCUT2D eigenvalue weighted by Gasteiger charge is -2.34. The van der Waals surface area contributed by atoms with Crippen LogP contribution in [-0.4, -0.2) is 59.0 Å². The molecule has 1 N–H and O–H groups in total. The fourth-order valence-electron chi connectivity index (χ4n) is 3.61. The molecule has 0 aliphatic carbocycles. The average molecular weight is 437 g/mol. The second kappa shape index (κ2) is 8.99. The molecule has 2 aromatic heterocycles. The van der Waals surface area contributed by atoms with E-state index in [0.717, 1.165) is 48.7 Å². The highest BCUT2D eigenvalue weighted by Gasteiger charge is 2.16. The van der Waals surface area contributed by atoms with E-state index in [0.29, 0.717) is 22.2 Å². The number of halogens is 1. The molecule has 3 aromatic rings. The van der Waals surface area contributed by atoms with E-state index in [2.05, 4.69) is 43.2 Å². The monoisotopic (exact) mass is 436 g/mol. The molecule has 8 heteroatoms. The summed E-state index contributed by atoms with van der Waals surface area (Å²) < 4.78 is 0. The Morgan fingerprint density at radius 1 is 1.03 bits per heavy atom. The van der Waals surface area contributed by atoms with Crippen LogP contribution in [0.25, 0.3) is 11.1 Å². The molecule has 0 radical (unpaired) electrons. The van der Waals surface area contributed by atoms with Crippen molar-refractivity contribution in [2.45, 2.75) is 13.8 Å². The van der Waals surface area contributed by atoms with Gasteiger partial charge in [-0.3, -0.25) is 4.79 Å². The third-order valence-corrected chi connectivity index (χ3v) is 5.65. The van der Waals surface area contributed by atoms with Gasteiger partial charge in [0, 0.05) is 60.5 Å². The molecule has 3 heterocycles.